The van der Waals surface area contributed by atoms with Crippen LogP contribution in [-0.4, -0.2) is 7.11 Å². The van der Waals surface area contributed by atoms with Crippen LogP contribution in [0, 0.1) is 5.92 Å². The molecule has 0 amide bonds. The SMILES string of the molecule is COc1cccc([C@@H](C)C2CC2)c1OI. The minimum atomic E-state index is 0.574. The molecule has 2 rings (SSSR count). The molecule has 0 heterocycles. The lowest BCUT2D eigenvalue weighted by Crippen LogP contribution is -1.99. The highest BCUT2D eigenvalue weighted by Gasteiger charge is 2.31. The molecule has 2 nitrogen and oxygen atoms in total. The molecule has 0 spiro atoms. The third-order valence-corrected chi connectivity index (χ3v) is 3.57. The molecule has 1 aromatic carbocycles. The molecule has 15 heavy (non-hydrogen) atoms. The number of rotatable bonds is 4. The van der Waals surface area contributed by atoms with Crippen LogP contribution in [0.5, 0.6) is 11.5 Å². The zero-order valence-electron chi connectivity index (χ0n) is 9.00. The van der Waals surface area contributed by atoms with Crippen molar-refractivity contribution in [3.05, 3.63) is 23.8 Å². The van der Waals surface area contributed by atoms with Gasteiger partial charge in [-0.05, 0) is 30.7 Å². The topological polar surface area (TPSA) is 18.5 Å². The van der Waals surface area contributed by atoms with Gasteiger partial charge in [0.05, 0.1) is 7.11 Å². The van der Waals surface area contributed by atoms with Crippen molar-refractivity contribution in [2.45, 2.75) is 25.7 Å². The van der Waals surface area contributed by atoms with Crippen LogP contribution >= 0.6 is 23.0 Å². The zero-order valence-corrected chi connectivity index (χ0v) is 11.2. The largest absolute Gasteiger partial charge is 0.493 e. The van der Waals surface area contributed by atoms with Gasteiger partial charge in [-0.15, -0.1) is 0 Å². The summed E-state index contributed by atoms with van der Waals surface area (Å²) < 4.78 is 10.7. The number of ether oxygens (including phenoxy) is 1. The minimum absolute atomic E-state index is 0.574. The molecule has 1 aliphatic rings. The second-order valence-electron chi connectivity index (χ2n) is 4.08. The fourth-order valence-electron chi connectivity index (χ4n) is 1.98. The van der Waals surface area contributed by atoms with Gasteiger partial charge in [-0.3, -0.25) is 0 Å². The van der Waals surface area contributed by atoms with E-state index in [9.17, 15) is 0 Å². The van der Waals surface area contributed by atoms with Gasteiger partial charge in [0.25, 0.3) is 0 Å². The molecule has 0 radical (unpaired) electrons. The van der Waals surface area contributed by atoms with Gasteiger partial charge < -0.3 is 7.80 Å². The Bertz CT molecular complexity index is 347. The van der Waals surface area contributed by atoms with Crippen molar-refractivity contribution in [3.63, 3.8) is 0 Å². The van der Waals surface area contributed by atoms with Crippen LogP contribution in [0.15, 0.2) is 18.2 Å². The highest BCUT2D eigenvalue weighted by atomic mass is 127. The lowest BCUT2D eigenvalue weighted by Gasteiger charge is -2.16. The second kappa shape index (κ2) is 4.60. The van der Waals surface area contributed by atoms with Gasteiger partial charge in [0.15, 0.2) is 34.5 Å². The van der Waals surface area contributed by atoms with E-state index in [0.29, 0.717) is 5.92 Å². The number of methoxy groups -OCH3 is 1. The van der Waals surface area contributed by atoms with Crippen LogP contribution in [0.25, 0.3) is 0 Å². The van der Waals surface area contributed by atoms with Crippen LogP contribution < -0.4 is 7.80 Å². The summed E-state index contributed by atoms with van der Waals surface area (Å²) in [5.41, 5.74) is 1.27. The third kappa shape index (κ3) is 2.22. The van der Waals surface area contributed by atoms with Gasteiger partial charge in [-0.25, -0.2) is 0 Å². The molecule has 0 unspecified atom stereocenters. The van der Waals surface area contributed by atoms with Crippen molar-refractivity contribution in [1.82, 2.24) is 0 Å². The summed E-state index contributed by atoms with van der Waals surface area (Å²) >= 11 is 1.93. The molecule has 0 aromatic heterocycles. The second-order valence-corrected chi connectivity index (χ2v) is 4.52. The van der Waals surface area contributed by atoms with E-state index in [1.165, 1.54) is 18.4 Å². The summed E-state index contributed by atoms with van der Waals surface area (Å²) in [5.74, 6) is 3.13. The first-order chi connectivity index (χ1) is 7.27. The predicted molar refractivity (Wildman–Crippen MR) is 68.8 cm³/mol. The summed E-state index contributed by atoms with van der Waals surface area (Å²) in [5, 5.41) is 0. The van der Waals surface area contributed by atoms with Gasteiger partial charge >= 0.3 is 0 Å². The van der Waals surface area contributed by atoms with Crippen molar-refractivity contribution in [2.24, 2.45) is 5.92 Å². The smallest absolute Gasteiger partial charge is 0.192 e. The number of halogens is 1. The average molecular weight is 318 g/mol. The number of benzene rings is 1. The van der Waals surface area contributed by atoms with Crippen molar-refractivity contribution < 1.29 is 7.80 Å². The molecule has 1 saturated carbocycles. The molecule has 1 aromatic rings. The summed E-state index contributed by atoms with van der Waals surface area (Å²) in [7, 11) is 1.68. The fourth-order valence-corrected chi connectivity index (χ4v) is 2.46. The Morgan fingerprint density at radius 2 is 2.13 bits per heavy atom. The van der Waals surface area contributed by atoms with E-state index in [1.54, 1.807) is 7.11 Å². The normalized spacial score (nSPS) is 17.3. The lowest BCUT2D eigenvalue weighted by molar-refractivity contribution is 0.400. The fraction of sp³-hybridized carbons (Fsp3) is 0.500. The van der Waals surface area contributed by atoms with E-state index in [2.05, 4.69) is 13.0 Å². The first-order valence-corrected chi connectivity index (χ1v) is 6.11. The molecule has 1 atom stereocenters. The Balaban J connectivity index is 2.35. The molecule has 1 fully saturated rings. The van der Waals surface area contributed by atoms with E-state index >= 15 is 0 Å². The summed E-state index contributed by atoms with van der Waals surface area (Å²) in [4.78, 5) is 0. The molecule has 82 valence electrons. The highest BCUT2D eigenvalue weighted by Crippen LogP contribution is 2.47. The molecule has 3 heteroatoms. The summed E-state index contributed by atoms with van der Waals surface area (Å²) in [6.07, 6.45) is 2.69. The van der Waals surface area contributed by atoms with E-state index in [4.69, 9.17) is 7.80 Å². The predicted octanol–water partition coefficient (Wildman–Crippen LogP) is 3.94. The molecule has 0 aliphatic heterocycles. The molecular formula is C12H15IO2. The maximum atomic E-state index is 5.41. The molecule has 1 aliphatic carbocycles. The lowest BCUT2D eigenvalue weighted by atomic mass is 9.95. The Hall–Kier alpha value is -0.450. The van der Waals surface area contributed by atoms with Crippen LogP contribution in [-0.2, 0) is 0 Å². The van der Waals surface area contributed by atoms with Gasteiger partial charge in [0, 0.05) is 5.56 Å². The van der Waals surface area contributed by atoms with E-state index < -0.39 is 0 Å². The number of hydrogen-bond acceptors (Lipinski definition) is 2. The molecule has 0 saturated heterocycles. The minimum Gasteiger partial charge on any atom is -0.493 e. The number of hydrogen-bond donors (Lipinski definition) is 0. The molecular weight excluding hydrogens is 303 g/mol. The van der Waals surface area contributed by atoms with E-state index in [1.807, 2.05) is 35.1 Å². The number of para-hydroxylation sites is 1. The standard InChI is InChI=1S/C12H15IO2/c1-8(9-6-7-9)10-4-3-5-11(14-2)12(10)15-13/h3-5,8-9H,6-7H2,1-2H3/t8-/m0/s1. The Morgan fingerprint density at radius 1 is 1.40 bits per heavy atom. The quantitative estimate of drug-likeness (QED) is 0.783. The maximum Gasteiger partial charge on any atom is 0.192 e. The van der Waals surface area contributed by atoms with Crippen LogP contribution in [0.3, 0.4) is 0 Å². The molecule has 0 bridgehead atoms. The van der Waals surface area contributed by atoms with Crippen molar-refractivity contribution >= 4 is 23.0 Å². The Morgan fingerprint density at radius 3 is 2.67 bits per heavy atom. The summed E-state index contributed by atoms with van der Waals surface area (Å²) in [6.45, 7) is 2.27. The van der Waals surface area contributed by atoms with Crippen molar-refractivity contribution in [3.8, 4) is 11.5 Å². The molecule has 0 N–H and O–H groups in total. The summed E-state index contributed by atoms with van der Waals surface area (Å²) in [6, 6.07) is 6.11. The maximum absolute atomic E-state index is 5.41. The van der Waals surface area contributed by atoms with Gasteiger partial charge in [-0.2, -0.15) is 0 Å². The monoisotopic (exact) mass is 318 g/mol. The third-order valence-electron chi connectivity index (χ3n) is 3.13. The van der Waals surface area contributed by atoms with Crippen molar-refractivity contribution in [2.75, 3.05) is 7.11 Å². The van der Waals surface area contributed by atoms with E-state index in [-0.39, 0.29) is 0 Å². The average Bonchev–Trinajstić information content (AvgIpc) is 3.10. The van der Waals surface area contributed by atoms with Gasteiger partial charge in [-0.1, -0.05) is 19.1 Å². The first-order valence-electron chi connectivity index (χ1n) is 5.23. The Kier molecular flexibility index (Phi) is 3.38. The Labute approximate surface area is 105 Å². The van der Waals surface area contributed by atoms with Crippen LogP contribution in [0.4, 0.5) is 0 Å². The van der Waals surface area contributed by atoms with Crippen molar-refractivity contribution in [1.29, 1.82) is 0 Å². The van der Waals surface area contributed by atoms with Gasteiger partial charge in [0.1, 0.15) is 0 Å². The zero-order chi connectivity index (χ0) is 10.8. The highest BCUT2D eigenvalue weighted by molar-refractivity contribution is 14.1. The van der Waals surface area contributed by atoms with Crippen LogP contribution in [0.2, 0.25) is 0 Å². The first kappa shape index (κ1) is 11.0. The van der Waals surface area contributed by atoms with Crippen LogP contribution in [0.1, 0.15) is 31.2 Å². The van der Waals surface area contributed by atoms with E-state index in [0.717, 1.165) is 17.4 Å². The van der Waals surface area contributed by atoms with Gasteiger partial charge in [0.2, 0.25) is 0 Å².